The van der Waals surface area contributed by atoms with Gasteiger partial charge in [-0.2, -0.15) is 4.31 Å². The molecular weight excluding hydrogens is 252 g/mol. The van der Waals surface area contributed by atoms with E-state index < -0.39 is 10.2 Å². The third-order valence-corrected chi connectivity index (χ3v) is 3.90. The number of hydrogen-bond acceptors (Lipinski definition) is 2. The molecule has 1 aromatic rings. The molecule has 0 bridgehead atoms. The van der Waals surface area contributed by atoms with E-state index in [1.165, 1.54) is 7.05 Å². The summed E-state index contributed by atoms with van der Waals surface area (Å²) < 4.78 is 27.0. The molecule has 98 valence electrons. The highest BCUT2D eigenvalue weighted by Crippen LogP contribution is 2.24. The predicted molar refractivity (Wildman–Crippen MR) is 70.2 cm³/mol. The fraction of sp³-hybridized carbons (Fsp3) is 0.455. The van der Waals surface area contributed by atoms with E-state index in [-0.39, 0.29) is 12.0 Å². The zero-order chi connectivity index (χ0) is 13.8. The maximum Gasteiger partial charge on any atom is 0.302 e. The molecule has 0 atom stereocenters. The number of benzene rings is 1. The fourth-order valence-electron chi connectivity index (χ4n) is 1.73. The van der Waals surface area contributed by atoms with Gasteiger partial charge in [0.2, 0.25) is 0 Å². The smallest absolute Gasteiger partial charge is 0.204 e. The van der Waals surface area contributed by atoms with Crippen molar-refractivity contribution in [3.8, 4) is 0 Å². The van der Waals surface area contributed by atoms with Crippen LogP contribution in [0, 0.1) is 0 Å². The number of azide groups is 1. The lowest BCUT2D eigenvalue weighted by Gasteiger charge is -2.29. The molecular formula is C11H16N4O2S. The summed E-state index contributed by atoms with van der Waals surface area (Å²) in [7, 11) is -2.51. The van der Waals surface area contributed by atoms with Crippen LogP contribution in [-0.4, -0.2) is 26.3 Å². The fourth-order valence-corrected chi connectivity index (χ4v) is 2.43. The monoisotopic (exact) mass is 268 g/mol. The average Bonchev–Trinajstić information content (AvgIpc) is 2.29. The summed E-state index contributed by atoms with van der Waals surface area (Å²) in [5, 5.41) is 0. The van der Waals surface area contributed by atoms with Crippen LogP contribution in [0.1, 0.15) is 19.4 Å². The van der Waals surface area contributed by atoms with Gasteiger partial charge in [-0.1, -0.05) is 44.2 Å². The molecule has 0 unspecified atom stereocenters. The molecule has 18 heavy (non-hydrogen) atoms. The average molecular weight is 268 g/mol. The van der Waals surface area contributed by atoms with Crippen LogP contribution in [0.15, 0.2) is 34.9 Å². The van der Waals surface area contributed by atoms with Crippen molar-refractivity contribution in [2.75, 3.05) is 13.6 Å². The second-order valence-corrected chi connectivity index (χ2v) is 6.34. The molecule has 0 heterocycles. The number of nitrogens with zero attached hydrogens (tertiary/aromatic N) is 4. The molecule has 0 aromatic heterocycles. The molecule has 1 aromatic carbocycles. The third kappa shape index (κ3) is 3.46. The van der Waals surface area contributed by atoms with Crippen molar-refractivity contribution in [1.29, 1.82) is 0 Å². The van der Waals surface area contributed by atoms with Crippen molar-refractivity contribution >= 4 is 10.2 Å². The quantitative estimate of drug-likeness (QED) is 0.466. The first-order valence-electron chi connectivity index (χ1n) is 5.38. The van der Waals surface area contributed by atoms with E-state index in [9.17, 15) is 8.42 Å². The Labute approximate surface area is 107 Å². The van der Waals surface area contributed by atoms with Gasteiger partial charge in [-0.25, -0.2) is 8.42 Å². The Morgan fingerprint density at radius 2 is 1.89 bits per heavy atom. The van der Waals surface area contributed by atoms with Crippen LogP contribution in [0.25, 0.3) is 10.4 Å². The summed E-state index contributed by atoms with van der Waals surface area (Å²) in [5.74, 6) is 0. The molecule has 1 rings (SSSR count). The van der Waals surface area contributed by atoms with Crippen LogP contribution in [0.4, 0.5) is 0 Å². The number of hydrogen-bond donors (Lipinski definition) is 0. The molecule has 6 nitrogen and oxygen atoms in total. The minimum absolute atomic E-state index is 0.234. The highest BCUT2D eigenvalue weighted by atomic mass is 32.2. The highest BCUT2D eigenvalue weighted by molar-refractivity contribution is 7.87. The summed E-state index contributed by atoms with van der Waals surface area (Å²) in [4.78, 5) is 2.33. The van der Waals surface area contributed by atoms with Gasteiger partial charge in [-0.05, 0) is 11.1 Å². The molecule has 7 heteroatoms. The first-order chi connectivity index (χ1) is 8.29. The minimum atomic E-state index is -3.91. The Morgan fingerprint density at radius 1 is 1.33 bits per heavy atom. The van der Waals surface area contributed by atoms with Crippen molar-refractivity contribution in [2.45, 2.75) is 19.3 Å². The van der Waals surface area contributed by atoms with Gasteiger partial charge in [0, 0.05) is 28.4 Å². The largest absolute Gasteiger partial charge is 0.302 e. The standard InChI is InChI=1S/C11H16N4O2S/c1-11(2,10-7-5-4-6-8-10)9-15(3)18(16,17)14-13-12/h4-8H,9H2,1-3H3. The zero-order valence-electron chi connectivity index (χ0n) is 10.6. The van der Waals surface area contributed by atoms with E-state index in [4.69, 9.17) is 5.53 Å². The Hall–Kier alpha value is -1.56. The van der Waals surface area contributed by atoms with Gasteiger partial charge in [0.25, 0.3) is 0 Å². The summed E-state index contributed by atoms with van der Waals surface area (Å²) in [5.41, 5.74) is 8.87. The highest BCUT2D eigenvalue weighted by Gasteiger charge is 2.27. The lowest BCUT2D eigenvalue weighted by atomic mass is 9.85. The lowest BCUT2D eigenvalue weighted by molar-refractivity contribution is 0.373. The molecule has 0 spiro atoms. The van der Waals surface area contributed by atoms with Gasteiger partial charge in [0.15, 0.2) is 0 Å². The second-order valence-electron chi connectivity index (χ2n) is 4.65. The van der Waals surface area contributed by atoms with Crippen molar-refractivity contribution in [2.24, 2.45) is 4.52 Å². The van der Waals surface area contributed by atoms with Crippen LogP contribution in [0.3, 0.4) is 0 Å². The minimum Gasteiger partial charge on any atom is -0.204 e. The Bertz CT molecular complexity index is 548. The van der Waals surface area contributed by atoms with E-state index >= 15 is 0 Å². The maximum absolute atomic E-state index is 11.5. The SMILES string of the molecule is CN(CC(C)(C)c1ccccc1)S(=O)(=O)N=[N+]=[N-]. The van der Waals surface area contributed by atoms with Crippen LogP contribution >= 0.6 is 0 Å². The molecule has 0 aliphatic rings. The normalized spacial score (nSPS) is 12.2. The zero-order valence-corrected chi connectivity index (χ0v) is 11.4. The van der Waals surface area contributed by atoms with Crippen molar-refractivity contribution in [3.05, 3.63) is 46.3 Å². The lowest BCUT2D eigenvalue weighted by Crippen LogP contribution is -2.37. The van der Waals surface area contributed by atoms with Crippen LogP contribution < -0.4 is 0 Å². The maximum atomic E-state index is 11.5. The van der Waals surface area contributed by atoms with Crippen molar-refractivity contribution < 1.29 is 8.42 Å². The van der Waals surface area contributed by atoms with Crippen LogP contribution in [-0.2, 0) is 15.6 Å². The summed E-state index contributed by atoms with van der Waals surface area (Å²) in [6.45, 7) is 4.10. The Morgan fingerprint density at radius 3 is 2.39 bits per heavy atom. The first kappa shape index (κ1) is 14.5. The van der Waals surface area contributed by atoms with Crippen LogP contribution in [0.2, 0.25) is 0 Å². The Kier molecular flexibility index (Phi) is 4.34. The van der Waals surface area contributed by atoms with E-state index in [0.29, 0.717) is 0 Å². The molecule has 0 aliphatic heterocycles. The Balaban J connectivity index is 2.94. The summed E-state index contributed by atoms with van der Waals surface area (Å²) in [6, 6.07) is 9.58. The molecule has 0 aliphatic carbocycles. The molecule has 0 fully saturated rings. The van der Waals surface area contributed by atoms with E-state index in [0.717, 1.165) is 9.87 Å². The predicted octanol–water partition coefficient (Wildman–Crippen LogP) is 2.45. The van der Waals surface area contributed by atoms with Gasteiger partial charge in [-0.3, -0.25) is 0 Å². The van der Waals surface area contributed by atoms with Gasteiger partial charge < -0.3 is 0 Å². The summed E-state index contributed by atoms with van der Waals surface area (Å²) >= 11 is 0. The van der Waals surface area contributed by atoms with E-state index in [1.807, 2.05) is 44.2 Å². The van der Waals surface area contributed by atoms with Crippen molar-refractivity contribution in [1.82, 2.24) is 4.31 Å². The van der Waals surface area contributed by atoms with Gasteiger partial charge in [-0.15, -0.1) is 0 Å². The second kappa shape index (κ2) is 5.39. The third-order valence-electron chi connectivity index (χ3n) is 2.71. The van der Waals surface area contributed by atoms with Gasteiger partial charge in [0.05, 0.1) is 0 Å². The van der Waals surface area contributed by atoms with Crippen molar-refractivity contribution in [3.63, 3.8) is 0 Å². The van der Waals surface area contributed by atoms with Crippen LogP contribution in [0.5, 0.6) is 0 Å². The van der Waals surface area contributed by atoms with Gasteiger partial charge in [0.1, 0.15) is 0 Å². The number of likely N-dealkylation sites (N-methyl/N-ethyl adjacent to an activating group) is 1. The molecule has 0 N–H and O–H groups in total. The first-order valence-corrected chi connectivity index (χ1v) is 6.77. The molecule has 0 radical (unpaired) electrons. The summed E-state index contributed by atoms with van der Waals surface area (Å²) in [6.07, 6.45) is 0. The van der Waals surface area contributed by atoms with E-state index in [1.54, 1.807) is 0 Å². The van der Waals surface area contributed by atoms with E-state index in [2.05, 4.69) is 9.43 Å². The number of rotatable bonds is 5. The van der Waals surface area contributed by atoms with Gasteiger partial charge >= 0.3 is 10.2 Å². The molecule has 0 saturated carbocycles. The topological polar surface area (TPSA) is 86.1 Å². The molecule has 0 amide bonds. The molecule has 0 saturated heterocycles.